The predicted molar refractivity (Wildman–Crippen MR) is 126 cm³/mol. The van der Waals surface area contributed by atoms with Crippen molar-refractivity contribution >= 4 is 0 Å². The van der Waals surface area contributed by atoms with E-state index in [1.807, 2.05) is 0 Å². The molecule has 0 amide bonds. The van der Waals surface area contributed by atoms with Crippen LogP contribution in [0, 0.1) is 13.8 Å². The topological polar surface area (TPSA) is 0 Å². The van der Waals surface area contributed by atoms with Gasteiger partial charge in [0.2, 0.25) is 0 Å². The second-order valence-corrected chi connectivity index (χ2v) is 8.94. The van der Waals surface area contributed by atoms with Crippen LogP contribution in [0.3, 0.4) is 0 Å². The molecule has 0 saturated carbocycles. The van der Waals surface area contributed by atoms with Gasteiger partial charge in [-0.05, 0) is 82.3 Å². The van der Waals surface area contributed by atoms with Crippen molar-refractivity contribution in [2.24, 2.45) is 0 Å². The van der Waals surface area contributed by atoms with Crippen LogP contribution in [0.5, 0.6) is 0 Å². The monoisotopic (exact) mass is 546 g/mol. The Balaban J connectivity index is 0.00000102. The van der Waals surface area contributed by atoms with E-state index in [2.05, 4.69) is 98.8 Å². The molecule has 2 aliphatic rings. The van der Waals surface area contributed by atoms with Crippen molar-refractivity contribution in [3.05, 3.63) is 118 Å². The minimum absolute atomic E-state index is 0. The standard InChI is InChI=1S/C30H26.2ClH.Zr/c1-19-9-7-15-27-23(21-11-3-5-13-25(21)29(19)27)17-18-24-22-12-4-6-14-26(22)30-20(2)10-8-16-28(24)30;;;/h3-16,23-24H,17-18H2,1-2H3;2*1H;/q;;;+2/p-2. The maximum Gasteiger partial charge on any atom is 2.00 e. The zero-order chi connectivity index (χ0) is 20.2. The van der Waals surface area contributed by atoms with Crippen LogP contribution in [0.15, 0.2) is 84.9 Å². The third-order valence-corrected chi connectivity index (χ3v) is 7.32. The first-order chi connectivity index (χ1) is 14.7. The molecule has 0 nitrogen and oxygen atoms in total. The molecule has 0 aliphatic heterocycles. The zero-order valence-electron chi connectivity index (χ0n) is 18.9. The van der Waals surface area contributed by atoms with Gasteiger partial charge in [0.05, 0.1) is 0 Å². The minimum Gasteiger partial charge on any atom is -1.00 e. The summed E-state index contributed by atoms with van der Waals surface area (Å²) in [6, 6.07) is 31.8. The van der Waals surface area contributed by atoms with E-state index in [1.165, 1.54) is 68.5 Å². The maximum atomic E-state index is 2.35. The molecule has 0 heterocycles. The van der Waals surface area contributed by atoms with Gasteiger partial charge in [0.25, 0.3) is 0 Å². The Morgan fingerprint density at radius 3 is 1.27 bits per heavy atom. The van der Waals surface area contributed by atoms with Gasteiger partial charge in [-0.2, -0.15) is 0 Å². The predicted octanol–water partition coefficient (Wildman–Crippen LogP) is 2.01. The van der Waals surface area contributed by atoms with E-state index in [0.717, 1.165) is 0 Å². The quantitative estimate of drug-likeness (QED) is 0.368. The molecule has 4 aromatic carbocycles. The van der Waals surface area contributed by atoms with E-state index < -0.39 is 0 Å². The van der Waals surface area contributed by atoms with Crippen molar-refractivity contribution in [3.8, 4) is 22.3 Å². The van der Waals surface area contributed by atoms with E-state index in [1.54, 1.807) is 0 Å². The fourth-order valence-electron chi connectivity index (χ4n) is 6.05. The molecule has 0 spiro atoms. The van der Waals surface area contributed by atoms with Gasteiger partial charge < -0.3 is 24.8 Å². The van der Waals surface area contributed by atoms with Crippen LogP contribution in [-0.4, -0.2) is 0 Å². The van der Waals surface area contributed by atoms with E-state index in [9.17, 15) is 0 Å². The van der Waals surface area contributed by atoms with Crippen molar-refractivity contribution in [3.63, 3.8) is 0 Å². The molecular formula is C30H26Cl2Zr. The van der Waals surface area contributed by atoms with Crippen LogP contribution >= 0.6 is 0 Å². The fourth-order valence-corrected chi connectivity index (χ4v) is 6.05. The Morgan fingerprint density at radius 2 is 0.848 bits per heavy atom. The Labute approximate surface area is 228 Å². The Bertz CT molecular complexity index is 1190. The first kappa shape index (κ1) is 26.0. The Hall–Kier alpha value is -1.66. The van der Waals surface area contributed by atoms with Gasteiger partial charge in [-0.3, -0.25) is 0 Å². The molecule has 6 rings (SSSR count). The largest absolute Gasteiger partial charge is 2.00 e. The molecule has 0 radical (unpaired) electrons. The normalized spacial score (nSPS) is 16.3. The fraction of sp³-hybridized carbons (Fsp3) is 0.200. The van der Waals surface area contributed by atoms with Crippen LogP contribution in [0.2, 0.25) is 0 Å². The number of rotatable bonds is 3. The van der Waals surface area contributed by atoms with Gasteiger partial charge in [0.1, 0.15) is 0 Å². The Kier molecular flexibility index (Phi) is 8.11. The summed E-state index contributed by atoms with van der Waals surface area (Å²) in [6.07, 6.45) is 2.36. The van der Waals surface area contributed by atoms with Crippen LogP contribution < -0.4 is 24.8 Å². The van der Waals surface area contributed by atoms with Crippen LogP contribution in [0.1, 0.15) is 58.1 Å². The van der Waals surface area contributed by atoms with Crippen molar-refractivity contribution in [2.45, 2.75) is 38.5 Å². The van der Waals surface area contributed by atoms with Crippen molar-refractivity contribution in [1.82, 2.24) is 0 Å². The molecule has 2 aliphatic carbocycles. The molecule has 2 atom stereocenters. The van der Waals surface area contributed by atoms with Gasteiger partial charge in [-0.15, -0.1) is 0 Å². The van der Waals surface area contributed by atoms with E-state index >= 15 is 0 Å². The molecule has 2 unspecified atom stereocenters. The molecule has 0 aromatic heterocycles. The third-order valence-electron chi connectivity index (χ3n) is 7.32. The van der Waals surface area contributed by atoms with E-state index in [4.69, 9.17) is 0 Å². The SMILES string of the molecule is Cc1cccc2c1-c1ccccc1C2CCC1c2ccccc2-c2c(C)cccc21.[Cl-].[Cl-].[Zr+2]. The van der Waals surface area contributed by atoms with E-state index in [-0.39, 0.29) is 51.0 Å². The summed E-state index contributed by atoms with van der Waals surface area (Å²) in [5, 5.41) is 0. The first-order valence-corrected chi connectivity index (χ1v) is 11.1. The van der Waals surface area contributed by atoms with Crippen molar-refractivity contribution in [1.29, 1.82) is 0 Å². The molecule has 3 heteroatoms. The van der Waals surface area contributed by atoms with Gasteiger partial charge in [-0.1, -0.05) is 84.9 Å². The van der Waals surface area contributed by atoms with Crippen LogP contribution in [0.25, 0.3) is 22.3 Å². The van der Waals surface area contributed by atoms with Gasteiger partial charge in [0, 0.05) is 11.8 Å². The number of halogens is 2. The number of hydrogen-bond acceptors (Lipinski definition) is 0. The molecule has 4 aromatic rings. The summed E-state index contributed by atoms with van der Waals surface area (Å²) in [7, 11) is 0. The summed E-state index contributed by atoms with van der Waals surface area (Å²) in [6.45, 7) is 4.51. The second-order valence-electron chi connectivity index (χ2n) is 8.94. The summed E-state index contributed by atoms with van der Waals surface area (Å²) in [5.74, 6) is 0.995. The molecule has 0 fully saturated rings. The smallest absolute Gasteiger partial charge is 1.00 e. The molecule has 0 bridgehead atoms. The number of benzene rings is 4. The average molecular weight is 549 g/mol. The summed E-state index contributed by atoms with van der Waals surface area (Å²) < 4.78 is 0. The molecular weight excluding hydrogens is 522 g/mol. The molecule has 164 valence electrons. The first-order valence-electron chi connectivity index (χ1n) is 11.1. The number of hydrogen-bond donors (Lipinski definition) is 0. The van der Waals surface area contributed by atoms with E-state index in [0.29, 0.717) is 11.8 Å². The average Bonchev–Trinajstić information content (AvgIpc) is 3.27. The zero-order valence-corrected chi connectivity index (χ0v) is 22.9. The summed E-state index contributed by atoms with van der Waals surface area (Å²) in [4.78, 5) is 0. The maximum absolute atomic E-state index is 2.35. The van der Waals surface area contributed by atoms with Gasteiger partial charge in [-0.25, -0.2) is 0 Å². The van der Waals surface area contributed by atoms with Gasteiger partial charge >= 0.3 is 26.2 Å². The molecule has 33 heavy (non-hydrogen) atoms. The second kappa shape index (κ2) is 10.3. The van der Waals surface area contributed by atoms with Crippen LogP contribution in [-0.2, 0) is 26.2 Å². The minimum atomic E-state index is 0. The van der Waals surface area contributed by atoms with Crippen LogP contribution in [0.4, 0.5) is 0 Å². The number of fused-ring (bicyclic) bond motifs is 6. The van der Waals surface area contributed by atoms with Crippen molar-refractivity contribution in [2.75, 3.05) is 0 Å². The number of aryl methyl sites for hydroxylation is 2. The Morgan fingerprint density at radius 1 is 0.485 bits per heavy atom. The van der Waals surface area contributed by atoms with Crippen molar-refractivity contribution < 1.29 is 51.0 Å². The third kappa shape index (κ3) is 4.07. The van der Waals surface area contributed by atoms with Gasteiger partial charge in [0.15, 0.2) is 0 Å². The summed E-state index contributed by atoms with van der Waals surface area (Å²) >= 11 is 0. The molecule has 0 N–H and O–H groups in total. The molecule has 0 saturated heterocycles. The summed E-state index contributed by atoms with van der Waals surface area (Å²) in [5.41, 5.74) is 14.7.